The number of rotatable bonds is 7. The Morgan fingerprint density at radius 1 is 1.19 bits per heavy atom. The lowest BCUT2D eigenvalue weighted by atomic mass is 9.82. The number of para-hydroxylation sites is 1. The monoisotopic (exact) mass is 291 g/mol. The van der Waals surface area contributed by atoms with Crippen molar-refractivity contribution in [3.8, 4) is 5.75 Å². The minimum absolute atomic E-state index is 0.0163. The summed E-state index contributed by atoms with van der Waals surface area (Å²) in [4.78, 5) is 12.0. The Balaban J connectivity index is 1.67. The smallest absolute Gasteiger partial charge is 0.220 e. The molecule has 0 unspecified atom stereocenters. The summed E-state index contributed by atoms with van der Waals surface area (Å²) >= 11 is 0. The third-order valence-corrected chi connectivity index (χ3v) is 4.08. The molecule has 0 aromatic heterocycles. The van der Waals surface area contributed by atoms with Gasteiger partial charge in [-0.2, -0.15) is 0 Å². The highest BCUT2D eigenvalue weighted by atomic mass is 16.5. The third-order valence-electron chi connectivity index (χ3n) is 4.08. The molecule has 1 aliphatic carbocycles. The largest absolute Gasteiger partial charge is 0.494 e. The average molecular weight is 291 g/mol. The van der Waals surface area contributed by atoms with Crippen LogP contribution in [0.5, 0.6) is 5.75 Å². The van der Waals surface area contributed by atoms with E-state index in [1.807, 2.05) is 30.3 Å². The van der Waals surface area contributed by atoms with E-state index < -0.39 is 0 Å². The lowest BCUT2D eigenvalue weighted by Crippen LogP contribution is -2.52. The van der Waals surface area contributed by atoms with E-state index in [0.29, 0.717) is 19.4 Å². The van der Waals surface area contributed by atoms with Gasteiger partial charge in [0.1, 0.15) is 5.75 Å². The van der Waals surface area contributed by atoms with Gasteiger partial charge in [-0.3, -0.25) is 4.79 Å². The van der Waals surface area contributed by atoms with Gasteiger partial charge in [0.15, 0.2) is 0 Å². The molecule has 21 heavy (non-hydrogen) atoms. The fourth-order valence-corrected chi connectivity index (χ4v) is 2.85. The fourth-order valence-electron chi connectivity index (χ4n) is 2.85. The summed E-state index contributed by atoms with van der Waals surface area (Å²) in [6.07, 6.45) is 6.25. The second kappa shape index (κ2) is 8.03. The molecule has 1 aromatic rings. The number of aliphatic hydroxyl groups is 1. The summed E-state index contributed by atoms with van der Waals surface area (Å²) in [6, 6.07) is 9.61. The lowest BCUT2D eigenvalue weighted by Gasteiger charge is -2.36. The van der Waals surface area contributed by atoms with Gasteiger partial charge in [-0.25, -0.2) is 0 Å². The summed E-state index contributed by atoms with van der Waals surface area (Å²) < 4.78 is 5.57. The van der Waals surface area contributed by atoms with Crippen LogP contribution in [0.2, 0.25) is 0 Å². The van der Waals surface area contributed by atoms with Crippen LogP contribution < -0.4 is 10.1 Å². The van der Waals surface area contributed by atoms with Crippen molar-refractivity contribution in [2.24, 2.45) is 0 Å². The molecular formula is C17H25NO3. The molecule has 1 aromatic carbocycles. The molecule has 2 rings (SSSR count). The predicted molar refractivity (Wildman–Crippen MR) is 82.2 cm³/mol. The number of carbonyl (C=O) groups is 1. The zero-order chi connectivity index (χ0) is 15.0. The van der Waals surface area contributed by atoms with Gasteiger partial charge in [0.25, 0.3) is 0 Å². The summed E-state index contributed by atoms with van der Waals surface area (Å²) in [5.74, 6) is 0.847. The Bertz CT molecular complexity index is 427. The predicted octanol–water partition coefficient (Wildman–Crippen LogP) is 2.66. The molecule has 1 saturated carbocycles. The van der Waals surface area contributed by atoms with Crippen molar-refractivity contribution in [3.63, 3.8) is 0 Å². The zero-order valence-corrected chi connectivity index (χ0v) is 12.5. The molecule has 0 saturated heterocycles. The van der Waals surface area contributed by atoms with Gasteiger partial charge in [0.2, 0.25) is 5.91 Å². The summed E-state index contributed by atoms with van der Waals surface area (Å²) in [6.45, 7) is 0.572. The van der Waals surface area contributed by atoms with E-state index in [0.717, 1.165) is 31.4 Å². The Hall–Kier alpha value is -1.55. The first kappa shape index (κ1) is 15.8. The van der Waals surface area contributed by atoms with Gasteiger partial charge in [-0.15, -0.1) is 0 Å². The quantitative estimate of drug-likeness (QED) is 0.759. The standard InChI is InChI=1S/C17H25NO3/c19-14-17(11-5-2-6-12-17)18-16(20)10-7-13-21-15-8-3-1-4-9-15/h1,3-4,8-9,19H,2,5-7,10-14H2,(H,18,20). The van der Waals surface area contributed by atoms with Crippen molar-refractivity contribution in [3.05, 3.63) is 30.3 Å². The molecule has 0 atom stereocenters. The van der Waals surface area contributed by atoms with Crippen molar-refractivity contribution >= 4 is 5.91 Å². The van der Waals surface area contributed by atoms with Crippen LogP contribution in [0.4, 0.5) is 0 Å². The summed E-state index contributed by atoms with van der Waals surface area (Å²) in [5, 5.41) is 12.6. The first-order chi connectivity index (χ1) is 10.2. The molecule has 1 fully saturated rings. The van der Waals surface area contributed by atoms with Crippen LogP contribution in [0.25, 0.3) is 0 Å². The Labute approximate surface area is 126 Å². The second-order valence-corrected chi connectivity index (χ2v) is 5.81. The van der Waals surface area contributed by atoms with E-state index in [1.165, 1.54) is 6.42 Å². The number of ether oxygens (including phenoxy) is 1. The van der Waals surface area contributed by atoms with Crippen LogP contribution in [-0.2, 0) is 4.79 Å². The van der Waals surface area contributed by atoms with Gasteiger partial charge in [-0.1, -0.05) is 37.5 Å². The van der Waals surface area contributed by atoms with Gasteiger partial charge >= 0.3 is 0 Å². The molecule has 4 heteroatoms. The van der Waals surface area contributed by atoms with Crippen LogP contribution in [0, 0.1) is 0 Å². The van der Waals surface area contributed by atoms with Gasteiger partial charge in [0.05, 0.1) is 18.8 Å². The fraction of sp³-hybridized carbons (Fsp3) is 0.588. The molecule has 0 aliphatic heterocycles. The molecule has 0 bridgehead atoms. The van der Waals surface area contributed by atoms with Crippen molar-refractivity contribution < 1.29 is 14.6 Å². The van der Waals surface area contributed by atoms with Crippen LogP contribution in [0.15, 0.2) is 30.3 Å². The minimum atomic E-state index is -0.379. The number of carbonyl (C=O) groups excluding carboxylic acids is 1. The van der Waals surface area contributed by atoms with Crippen molar-refractivity contribution in [1.29, 1.82) is 0 Å². The highest BCUT2D eigenvalue weighted by Crippen LogP contribution is 2.27. The van der Waals surface area contributed by atoms with E-state index in [4.69, 9.17) is 4.74 Å². The minimum Gasteiger partial charge on any atom is -0.494 e. The second-order valence-electron chi connectivity index (χ2n) is 5.81. The number of aliphatic hydroxyl groups excluding tert-OH is 1. The van der Waals surface area contributed by atoms with E-state index >= 15 is 0 Å². The van der Waals surface area contributed by atoms with Crippen LogP contribution in [0.3, 0.4) is 0 Å². The van der Waals surface area contributed by atoms with E-state index in [9.17, 15) is 9.90 Å². The maximum atomic E-state index is 12.0. The number of amides is 1. The van der Waals surface area contributed by atoms with Crippen LogP contribution in [-0.4, -0.2) is 29.8 Å². The van der Waals surface area contributed by atoms with Crippen LogP contribution in [0.1, 0.15) is 44.9 Å². The molecule has 1 aliphatic rings. The van der Waals surface area contributed by atoms with Gasteiger partial charge < -0.3 is 15.2 Å². The molecule has 4 nitrogen and oxygen atoms in total. The third kappa shape index (κ3) is 5.05. The first-order valence-corrected chi connectivity index (χ1v) is 7.84. The number of nitrogens with one attached hydrogen (secondary N) is 1. The zero-order valence-electron chi connectivity index (χ0n) is 12.5. The van der Waals surface area contributed by atoms with E-state index in [2.05, 4.69) is 5.32 Å². The molecular weight excluding hydrogens is 266 g/mol. The average Bonchev–Trinajstić information content (AvgIpc) is 2.53. The normalized spacial score (nSPS) is 17.2. The van der Waals surface area contributed by atoms with Crippen molar-refractivity contribution in [2.75, 3.05) is 13.2 Å². The Morgan fingerprint density at radius 2 is 1.90 bits per heavy atom. The Kier molecular flexibility index (Phi) is 6.05. The maximum Gasteiger partial charge on any atom is 0.220 e. The first-order valence-electron chi connectivity index (χ1n) is 7.84. The molecule has 1 amide bonds. The number of hydrogen-bond acceptors (Lipinski definition) is 3. The van der Waals surface area contributed by atoms with Crippen LogP contribution >= 0.6 is 0 Å². The highest BCUT2D eigenvalue weighted by molar-refractivity contribution is 5.76. The molecule has 0 radical (unpaired) electrons. The number of hydrogen-bond donors (Lipinski definition) is 2. The number of benzene rings is 1. The van der Waals surface area contributed by atoms with Gasteiger partial charge in [-0.05, 0) is 31.4 Å². The van der Waals surface area contributed by atoms with Crippen molar-refractivity contribution in [2.45, 2.75) is 50.5 Å². The molecule has 2 N–H and O–H groups in total. The Morgan fingerprint density at radius 3 is 2.57 bits per heavy atom. The van der Waals surface area contributed by atoms with Gasteiger partial charge in [0, 0.05) is 6.42 Å². The lowest BCUT2D eigenvalue weighted by molar-refractivity contribution is -0.124. The summed E-state index contributed by atoms with van der Waals surface area (Å²) in [5.41, 5.74) is -0.379. The molecule has 0 heterocycles. The topological polar surface area (TPSA) is 58.6 Å². The molecule has 116 valence electrons. The van der Waals surface area contributed by atoms with E-state index in [1.54, 1.807) is 0 Å². The molecule has 0 spiro atoms. The highest BCUT2D eigenvalue weighted by Gasteiger charge is 2.32. The SMILES string of the molecule is O=C(CCCOc1ccccc1)NC1(CO)CCCCC1. The van der Waals surface area contributed by atoms with Crippen molar-refractivity contribution in [1.82, 2.24) is 5.32 Å². The maximum absolute atomic E-state index is 12.0. The summed E-state index contributed by atoms with van der Waals surface area (Å²) in [7, 11) is 0. The van der Waals surface area contributed by atoms with E-state index in [-0.39, 0.29) is 18.1 Å².